The van der Waals surface area contributed by atoms with Gasteiger partial charge >= 0.3 is 0 Å². The summed E-state index contributed by atoms with van der Waals surface area (Å²) in [5, 5.41) is 6.76. The molecule has 40 valence electrons. The van der Waals surface area contributed by atoms with E-state index in [4.69, 9.17) is 11.1 Å². The maximum Gasteiger partial charge on any atom is 0.0754 e. The van der Waals surface area contributed by atoms with E-state index in [0.29, 0.717) is 5.70 Å². The summed E-state index contributed by atoms with van der Waals surface area (Å²) >= 11 is 0. The molecule has 2 heteroatoms. The number of rotatable bonds is 1. The minimum absolute atomic E-state index is 0.600. The van der Waals surface area contributed by atoms with Crippen LogP contribution < -0.4 is 5.73 Å². The van der Waals surface area contributed by atoms with Crippen molar-refractivity contribution in [1.82, 2.24) is 0 Å². The van der Waals surface area contributed by atoms with Crippen molar-refractivity contribution < 1.29 is 0 Å². The molecule has 0 radical (unpaired) electrons. The van der Waals surface area contributed by atoms with E-state index >= 15 is 0 Å². The van der Waals surface area contributed by atoms with Gasteiger partial charge in [0.25, 0.3) is 0 Å². The molecule has 1 aliphatic rings. The highest BCUT2D eigenvalue weighted by Gasteiger charge is 1.91. The summed E-state index contributed by atoms with van der Waals surface area (Å²) < 4.78 is 0. The third kappa shape index (κ3) is 0.695. The van der Waals surface area contributed by atoms with Gasteiger partial charge < -0.3 is 11.1 Å². The van der Waals surface area contributed by atoms with Gasteiger partial charge in [0.05, 0.1) is 5.70 Å². The van der Waals surface area contributed by atoms with Gasteiger partial charge in [0.2, 0.25) is 0 Å². The molecule has 0 aliphatic heterocycles. The molecule has 0 aromatic heterocycles. The second kappa shape index (κ2) is 1.68. The lowest BCUT2D eigenvalue weighted by atomic mass is 10.3. The minimum Gasteiger partial charge on any atom is -0.392 e. The van der Waals surface area contributed by atoms with Crippen LogP contribution in [0.3, 0.4) is 0 Å². The third-order valence-corrected chi connectivity index (χ3v) is 0.894. The number of allylic oxidation sites excluding steroid dienone is 2. The molecule has 0 spiro atoms. The summed E-state index contributed by atoms with van der Waals surface area (Å²) in [7, 11) is 0. The first-order valence-electron chi connectivity index (χ1n) is 2.27. The van der Waals surface area contributed by atoms with E-state index in [1.54, 1.807) is 12.2 Å². The second-order valence-corrected chi connectivity index (χ2v) is 1.53. The molecule has 0 saturated heterocycles. The molecule has 0 bridgehead atoms. The van der Waals surface area contributed by atoms with Crippen LogP contribution in [0.5, 0.6) is 0 Å². The van der Waals surface area contributed by atoms with Crippen LogP contribution in [0.15, 0.2) is 29.2 Å². The van der Waals surface area contributed by atoms with Crippen LogP contribution in [0.1, 0.15) is 0 Å². The lowest BCUT2D eigenvalue weighted by molar-refractivity contribution is 1.45. The first-order chi connectivity index (χ1) is 3.83. The lowest BCUT2D eigenvalue weighted by Crippen LogP contribution is -1.88. The zero-order chi connectivity index (χ0) is 5.98. The maximum absolute atomic E-state index is 6.76. The van der Waals surface area contributed by atoms with Crippen molar-refractivity contribution in [2.45, 2.75) is 0 Å². The summed E-state index contributed by atoms with van der Waals surface area (Å²) in [6, 6.07) is 0. The monoisotopic (exact) mass is 106 g/mol. The largest absolute Gasteiger partial charge is 0.392 e. The molecule has 0 saturated carbocycles. The Morgan fingerprint density at radius 2 is 2.50 bits per heavy atom. The SMILES string of the molecule is N=CC1=CC(N)=C=C1. The Morgan fingerprint density at radius 1 is 1.75 bits per heavy atom. The van der Waals surface area contributed by atoms with E-state index in [1.165, 1.54) is 6.21 Å². The Labute approximate surface area is 47.5 Å². The highest BCUT2D eigenvalue weighted by atomic mass is 14.6. The molecule has 3 N–H and O–H groups in total. The van der Waals surface area contributed by atoms with Crippen LogP contribution in [0.2, 0.25) is 0 Å². The Kier molecular flexibility index (Phi) is 1.03. The summed E-state index contributed by atoms with van der Waals surface area (Å²) in [6.45, 7) is 0. The fourth-order valence-corrected chi connectivity index (χ4v) is 0.513. The Bertz CT molecular complexity index is 205. The average Bonchev–Trinajstić information content (AvgIpc) is 2.14. The van der Waals surface area contributed by atoms with Crippen molar-refractivity contribution in [2.24, 2.45) is 5.73 Å². The predicted octanol–water partition coefficient (Wildman–Crippen LogP) is 0.574. The van der Waals surface area contributed by atoms with Gasteiger partial charge in [0.15, 0.2) is 0 Å². The molecule has 0 fully saturated rings. The Morgan fingerprint density at radius 3 is 2.75 bits per heavy atom. The second-order valence-electron chi connectivity index (χ2n) is 1.53. The average molecular weight is 106 g/mol. The van der Waals surface area contributed by atoms with Gasteiger partial charge in [-0.25, -0.2) is 0 Å². The number of nitrogens with two attached hydrogens (primary N) is 1. The van der Waals surface area contributed by atoms with Gasteiger partial charge in [-0.3, -0.25) is 0 Å². The van der Waals surface area contributed by atoms with Crippen LogP contribution in [-0.4, -0.2) is 6.21 Å². The van der Waals surface area contributed by atoms with E-state index in [0.717, 1.165) is 5.57 Å². The molecule has 0 unspecified atom stereocenters. The third-order valence-electron chi connectivity index (χ3n) is 0.894. The molecule has 2 nitrogen and oxygen atoms in total. The van der Waals surface area contributed by atoms with Crippen molar-refractivity contribution in [1.29, 1.82) is 5.41 Å². The van der Waals surface area contributed by atoms with E-state index in [2.05, 4.69) is 5.73 Å². The molecule has 1 aliphatic carbocycles. The van der Waals surface area contributed by atoms with Gasteiger partial charge in [-0.2, -0.15) is 0 Å². The molecule has 0 aromatic carbocycles. The number of hydrogen-bond donors (Lipinski definition) is 2. The first-order valence-corrected chi connectivity index (χ1v) is 2.27. The zero-order valence-corrected chi connectivity index (χ0v) is 4.31. The van der Waals surface area contributed by atoms with Crippen LogP contribution in [-0.2, 0) is 0 Å². The van der Waals surface area contributed by atoms with Crippen LogP contribution in [0.4, 0.5) is 0 Å². The molecule has 0 heterocycles. The molecule has 1 rings (SSSR count). The normalized spacial score (nSPS) is 15.5. The maximum atomic E-state index is 6.76. The van der Waals surface area contributed by atoms with Gasteiger partial charge in [0, 0.05) is 11.8 Å². The summed E-state index contributed by atoms with van der Waals surface area (Å²) in [6.07, 6.45) is 4.63. The quantitative estimate of drug-likeness (QED) is 0.372. The Balaban J connectivity index is 2.87. The molecule has 8 heavy (non-hydrogen) atoms. The first kappa shape index (κ1) is 4.88. The van der Waals surface area contributed by atoms with Crippen LogP contribution in [0, 0.1) is 5.41 Å². The molecule has 0 amide bonds. The summed E-state index contributed by atoms with van der Waals surface area (Å²) in [5.41, 5.74) is 9.45. The van der Waals surface area contributed by atoms with Crippen molar-refractivity contribution >= 4 is 6.21 Å². The van der Waals surface area contributed by atoms with E-state index in [1.807, 2.05) is 0 Å². The molecule has 0 aromatic rings. The fourth-order valence-electron chi connectivity index (χ4n) is 0.513. The van der Waals surface area contributed by atoms with Crippen molar-refractivity contribution in [3.05, 3.63) is 29.2 Å². The van der Waals surface area contributed by atoms with Crippen molar-refractivity contribution in [3.8, 4) is 0 Å². The Hall–Kier alpha value is -1.27. The molecular weight excluding hydrogens is 100 g/mol. The minimum atomic E-state index is 0.600. The van der Waals surface area contributed by atoms with Crippen molar-refractivity contribution in [2.75, 3.05) is 0 Å². The smallest absolute Gasteiger partial charge is 0.0754 e. The van der Waals surface area contributed by atoms with Gasteiger partial charge in [-0.05, 0) is 12.2 Å². The van der Waals surface area contributed by atoms with E-state index < -0.39 is 0 Å². The number of hydrogen-bond acceptors (Lipinski definition) is 2. The van der Waals surface area contributed by atoms with E-state index in [9.17, 15) is 0 Å². The predicted molar refractivity (Wildman–Crippen MR) is 32.7 cm³/mol. The number of nitrogens with one attached hydrogen (secondary N) is 1. The van der Waals surface area contributed by atoms with Crippen LogP contribution >= 0.6 is 0 Å². The van der Waals surface area contributed by atoms with Gasteiger partial charge in [-0.1, -0.05) is 5.73 Å². The summed E-state index contributed by atoms with van der Waals surface area (Å²) in [4.78, 5) is 0. The zero-order valence-electron chi connectivity index (χ0n) is 4.31. The molecular formula is C6H6N2. The van der Waals surface area contributed by atoms with Crippen LogP contribution in [0.25, 0.3) is 0 Å². The highest BCUT2D eigenvalue weighted by molar-refractivity contribution is 5.81. The topological polar surface area (TPSA) is 49.9 Å². The van der Waals surface area contributed by atoms with E-state index in [-0.39, 0.29) is 0 Å². The van der Waals surface area contributed by atoms with Gasteiger partial charge in [-0.15, -0.1) is 0 Å². The lowest BCUT2D eigenvalue weighted by Gasteiger charge is -1.79. The fraction of sp³-hybridized carbons (Fsp3) is 0. The van der Waals surface area contributed by atoms with Gasteiger partial charge in [0.1, 0.15) is 0 Å². The van der Waals surface area contributed by atoms with Crippen molar-refractivity contribution in [3.63, 3.8) is 0 Å². The highest BCUT2D eigenvalue weighted by Crippen LogP contribution is 2.01. The summed E-state index contributed by atoms with van der Waals surface area (Å²) in [5.74, 6) is 0. The molecule has 0 atom stereocenters. The standard InChI is InChI=1S/C6H6N2/c7-4-5-1-2-6(8)3-5/h1,3-4,7H,8H2.